The number of aliphatic carboxylic acids is 1. The maximum atomic E-state index is 13.0. The minimum Gasteiger partial charge on any atom is -0.480 e. The molecule has 2 aliphatic rings. The quantitative estimate of drug-likeness (QED) is 0.736. The third-order valence-corrected chi connectivity index (χ3v) is 7.66. The summed E-state index contributed by atoms with van der Waals surface area (Å²) in [7, 11) is -3.94. The summed E-state index contributed by atoms with van der Waals surface area (Å²) in [6, 6.07) is 13.0. The van der Waals surface area contributed by atoms with Crippen molar-refractivity contribution in [2.75, 3.05) is 31.1 Å². The molecule has 1 aliphatic heterocycles. The van der Waals surface area contributed by atoms with Gasteiger partial charge in [-0.15, -0.1) is 0 Å². The molecule has 0 radical (unpaired) electrons. The van der Waals surface area contributed by atoms with Crippen molar-refractivity contribution in [3.05, 3.63) is 60.4 Å². The molecule has 9 heteroatoms. The summed E-state index contributed by atoms with van der Waals surface area (Å²) in [4.78, 5) is 18.2. The number of rotatable bonds is 6. The number of carboxylic acids is 1. The molecule has 4 rings (SSSR count). The van der Waals surface area contributed by atoms with Crippen molar-refractivity contribution in [3.63, 3.8) is 0 Å². The van der Waals surface area contributed by atoms with E-state index in [0.717, 1.165) is 11.3 Å². The molecule has 1 unspecified atom stereocenters. The predicted molar refractivity (Wildman–Crippen MR) is 109 cm³/mol. The van der Waals surface area contributed by atoms with E-state index in [2.05, 4.69) is 14.6 Å². The third-order valence-electron chi connectivity index (χ3n) is 6.02. The van der Waals surface area contributed by atoms with Gasteiger partial charge in [-0.2, -0.15) is 17.4 Å². The molecule has 2 heterocycles. The second-order valence-electron chi connectivity index (χ2n) is 7.55. The fraction of sp³-hybridized carbons (Fsp3) is 0.400. The van der Waals surface area contributed by atoms with E-state index in [9.17, 15) is 18.3 Å². The average Bonchev–Trinajstić information content (AvgIpc) is 3.33. The van der Waals surface area contributed by atoms with Crippen molar-refractivity contribution in [2.45, 2.75) is 18.4 Å². The molecular weight excluding hydrogens is 392 g/mol. The normalized spacial score (nSPS) is 27.6. The SMILES string of the molecule is CC1[C@@H](c2ccccc2)[C@]1(NS(=O)(=O)N1CCN(c2ccncc2)CC1)C(=O)O. The molecule has 0 bridgehead atoms. The number of nitrogens with one attached hydrogen (secondary N) is 1. The molecule has 29 heavy (non-hydrogen) atoms. The summed E-state index contributed by atoms with van der Waals surface area (Å²) in [5, 5.41) is 9.90. The zero-order valence-corrected chi connectivity index (χ0v) is 16.9. The number of benzene rings is 1. The highest BCUT2D eigenvalue weighted by atomic mass is 32.2. The van der Waals surface area contributed by atoms with Gasteiger partial charge in [0.1, 0.15) is 5.54 Å². The molecule has 1 saturated heterocycles. The largest absolute Gasteiger partial charge is 0.480 e. The van der Waals surface area contributed by atoms with E-state index >= 15 is 0 Å². The standard InChI is InChI=1S/C20H24N4O4S/c1-15-18(16-5-3-2-4-6-16)20(15,19(25)26)22-29(27,28)24-13-11-23(12-14-24)17-7-9-21-10-8-17/h2-10,15,18,22H,11-14H2,1H3,(H,25,26)/t15?,18-,20-/m0/s1. The van der Waals surface area contributed by atoms with Gasteiger partial charge in [-0.05, 0) is 23.6 Å². The second kappa shape index (κ2) is 7.40. The van der Waals surface area contributed by atoms with Gasteiger partial charge in [0.15, 0.2) is 0 Å². The topological polar surface area (TPSA) is 103 Å². The smallest absolute Gasteiger partial charge is 0.325 e. The number of anilines is 1. The molecule has 1 aromatic heterocycles. The van der Waals surface area contributed by atoms with Crippen molar-refractivity contribution in [1.82, 2.24) is 14.0 Å². The van der Waals surface area contributed by atoms with Crippen LogP contribution in [0.4, 0.5) is 5.69 Å². The number of hydrogen-bond acceptors (Lipinski definition) is 5. The summed E-state index contributed by atoms with van der Waals surface area (Å²) in [6.07, 6.45) is 3.41. The van der Waals surface area contributed by atoms with E-state index in [1.807, 2.05) is 42.5 Å². The van der Waals surface area contributed by atoms with Gasteiger partial charge >= 0.3 is 5.97 Å². The van der Waals surface area contributed by atoms with Crippen LogP contribution in [0.5, 0.6) is 0 Å². The van der Waals surface area contributed by atoms with Gasteiger partial charge in [0.25, 0.3) is 10.2 Å². The first-order valence-electron chi connectivity index (χ1n) is 9.58. The summed E-state index contributed by atoms with van der Waals surface area (Å²) < 4.78 is 29.9. The maximum Gasteiger partial charge on any atom is 0.325 e. The monoisotopic (exact) mass is 416 g/mol. The van der Waals surface area contributed by atoms with Crippen LogP contribution in [0.1, 0.15) is 18.4 Å². The summed E-state index contributed by atoms with van der Waals surface area (Å²) in [6.45, 7) is 3.41. The van der Waals surface area contributed by atoms with Gasteiger partial charge in [0.2, 0.25) is 0 Å². The number of carboxylic acid groups (broad SMARTS) is 1. The highest BCUT2D eigenvalue weighted by molar-refractivity contribution is 7.87. The van der Waals surface area contributed by atoms with E-state index in [-0.39, 0.29) is 19.0 Å². The summed E-state index contributed by atoms with van der Waals surface area (Å²) in [5.41, 5.74) is 0.308. The lowest BCUT2D eigenvalue weighted by molar-refractivity contribution is -0.140. The molecule has 3 atom stereocenters. The number of nitrogens with zero attached hydrogens (tertiary/aromatic N) is 3. The summed E-state index contributed by atoms with van der Waals surface area (Å²) in [5.74, 6) is -1.87. The van der Waals surface area contributed by atoms with E-state index in [0.29, 0.717) is 13.1 Å². The highest BCUT2D eigenvalue weighted by Gasteiger charge is 2.70. The van der Waals surface area contributed by atoms with Gasteiger partial charge < -0.3 is 10.0 Å². The molecule has 2 N–H and O–H groups in total. The van der Waals surface area contributed by atoms with E-state index in [4.69, 9.17) is 0 Å². The molecule has 0 amide bonds. The lowest BCUT2D eigenvalue weighted by atomic mass is 10.1. The highest BCUT2D eigenvalue weighted by Crippen LogP contribution is 2.57. The Morgan fingerprint density at radius 1 is 1.10 bits per heavy atom. The van der Waals surface area contributed by atoms with Crippen LogP contribution in [-0.2, 0) is 15.0 Å². The second-order valence-corrected chi connectivity index (χ2v) is 9.22. The number of hydrogen-bond donors (Lipinski definition) is 2. The minimum absolute atomic E-state index is 0.289. The van der Waals surface area contributed by atoms with Gasteiger partial charge in [0, 0.05) is 50.2 Å². The predicted octanol–water partition coefficient (Wildman–Crippen LogP) is 1.29. The lowest BCUT2D eigenvalue weighted by Gasteiger charge is -2.35. The molecule has 2 aromatic rings. The molecule has 1 aromatic carbocycles. The fourth-order valence-electron chi connectivity index (χ4n) is 4.32. The van der Waals surface area contributed by atoms with E-state index in [1.54, 1.807) is 19.3 Å². The van der Waals surface area contributed by atoms with Gasteiger partial charge in [0.05, 0.1) is 0 Å². The summed E-state index contributed by atoms with van der Waals surface area (Å²) >= 11 is 0. The maximum absolute atomic E-state index is 13.0. The molecule has 2 fully saturated rings. The van der Waals surface area contributed by atoms with Crippen LogP contribution in [0, 0.1) is 5.92 Å². The first-order valence-corrected chi connectivity index (χ1v) is 11.0. The lowest BCUT2D eigenvalue weighted by Crippen LogP contribution is -2.56. The Morgan fingerprint density at radius 2 is 1.72 bits per heavy atom. The third kappa shape index (κ3) is 3.50. The molecular formula is C20H24N4O4S. The van der Waals surface area contributed by atoms with Crippen LogP contribution < -0.4 is 9.62 Å². The van der Waals surface area contributed by atoms with Crippen molar-refractivity contribution < 1.29 is 18.3 Å². The Bertz CT molecular complexity index is 978. The number of piperazine rings is 1. The van der Waals surface area contributed by atoms with Crippen LogP contribution >= 0.6 is 0 Å². The minimum atomic E-state index is -3.94. The van der Waals surface area contributed by atoms with Crippen LogP contribution in [0.3, 0.4) is 0 Å². The van der Waals surface area contributed by atoms with Crippen LogP contribution in [0.2, 0.25) is 0 Å². The van der Waals surface area contributed by atoms with E-state index < -0.39 is 27.6 Å². The zero-order chi connectivity index (χ0) is 20.6. The first kappa shape index (κ1) is 19.8. The van der Waals surface area contributed by atoms with Gasteiger partial charge in [-0.25, -0.2) is 0 Å². The first-order chi connectivity index (χ1) is 13.9. The Morgan fingerprint density at radius 3 is 2.31 bits per heavy atom. The fourth-order valence-corrected chi connectivity index (χ4v) is 5.92. The van der Waals surface area contributed by atoms with Gasteiger partial charge in [-0.3, -0.25) is 9.78 Å². The average molecular weight is 417 g/mol. The number of carbonyl (C=O) groups is 1. The molecule has 1 saturated carbocycles. The van der Waals surface area contributed by atoms with Gasteiger partial charge in [-0.1, -0.05) is 37.3 Å². The molecule has 154 valence electrons. The zero-order valence-electron chi connectivity index (χ0n) is 16.1. The Hall–Kier alpha value is -2.49. The Balaban J connectivity index is 1.49. The van der Waals surface area contributed by atoms with Crippen molar-refractivity contribution >= 4 is 21.9 Å². The Kier molecular flexibility index (Phi) is 5.05. The van der Waals surface area contributed by atoms with E-state index in [1.165, 1.54) is 4.31 Å². The molecule has 1 aliphatic carbocycles. The molecule has 0 spiro atoms. The van der Waals surface area contributed by atoms with Crippen LogP contribution in [0.15, 0.2) is 54.9 Å². The van der Waals surface area contributed by atoms with Crippen molar-refractivity contribution in [2.24, 2.45) is 5.92 Å². The van der Waals surface area contributed by atoms with Crippen molar-refractivity contribution in [1.29, 1.82) is 0 Å². The number of pyridine rings is 1. The molecule has 8 nitrogen and oxygen atoms in total. The number of aromatic nitrogens is 1. The van der Waals surface area contributed by atoms with Crippen LogP contribution in [-0.4, -0.2) is 60.5 Å². The van der Waals surface area contributed by atoms with Crippen molar-refractivity contribution in [3.8, 4) is 0 Å². The Labute approximate surface area is 170 Å². The van der Waals surface area contributed by atoms with Crippen LogP contribution in [0.25, 0.3) is 0 Å².